The number of rotatable bonds is 7. The van der Waals surface area contributed by atoms with E-state index in [4.69, 9.17) is 0 Å². The molecule has 1 N–H and O–H groups in total. The number of non-ortho nitro benzene ring substituents is 1. The highest BCUT2D eigenvalue weighted by molar-refractivity contribution is 5.91. The van der Waals surface area contributed by atoms with Crippen LogP contribution in [0.5, 0.6) is 0 Å². The van der Waals surface area contributed by atoms with Crippen molar-refractivity contribution >= 4 is 23.4 Å². The molecule has 0 atom stereocenters. The fourth-order valence-corrected chi connectivity index (χ4v) is 2.13. The first kappa shape index (κ1) is 17.2. The van der Waals surface area contributed by atoms with Crippen molar-refractivity contribution in [3.05, 3.63) is 76.4 Å². The van der Waals surface area contributed by atoms with Gasteiger partial charge in [0, 0.05) is 44.0 Å². The normalized spacial score (nSPS) is 10.5. The van der Waals surface area contributed by atoms with E-state index in [9.17, 15) is 14.9 Å². The summed E-state index contributed by atoms with van der Waals surface area (Å²) in [5.74, 6) is -0.233. The molecule has 0 spiro atoms. The van der Waals surface area contributed by atoms with Gasteiger partial charge in [-0.15, -0.1) is 0 Å². The lowest BCUT2D eigenvalue weighted by Crippen LogP contribution is -2.31. The molecule has 0 aliphatic rings. The van der Waals surface area contributed by atoms with Crippen LogP contribution < -0.4 is 10.2 Å². The number of hydrogen-bond donors (Lipinski definition) is 1. The minimum atomic E-state index is -0.461. The minimum absolute atomic E-state index is 0.00189. The van der Waals surface area contributed by atoms with Gasteiger partial charge in [-0.1, -0.05) is 30.3 Å². The highest BCUT2D eigenvalue weighted by Crippen LogP contribution is 2.14. The van der Waals surface area contributed by atoms with Gasteiger partial charge >= 0.3 is 0 Å². The Bertz CT molecular complexity index is 729. The highest BCUT2D eigenvalue weighted by atomic mass is 16.6. The van der Waals surface area contributed by atoms with Gasteiger partial charge in [0.15, 0.2) is 0 Å². The molecule has 0 unspecified atom stereocenters. The fourth-order valence-electron chi connectivity index (χ4n) is 2.13. The number of amides is 1. The van der Waals surface area contributed by atoms with Crippen LogP contribution in [0.1, 0.15) is 5.56 Å². The molecule has 6 nitrogen and oxygen atoms in total. The second-order valence-corrected chi connectivity index (χ2v) is 5.23. The molecule has 1 amide bonds. The minimum Gasteiger partial charge on any atom is -0.373 e. The molecule has 24 heavy (non-hydrogen) atoms. The summed E-state index contributed by atoms with van der Waals surface area (Å²) in [6.07, 6.45) is 2.94. The van der Waals surface area contributed by atoms with Crippen molar-refractivity contribution in [2.45, 2.75) is 0 Å². The zero-order chi connectivity index (χ0) is 17.4. The number of carbonyl (C=O) groups excluding carboxylic acids is 1. The number of carbonyl (C=O) groups is 1. The molecule has 0 saturated heterocycles. The summed E-state index contributed by atoms with van der Waals surface area (Å²) >= 11 is 0. The lowest BCUT2D eigenvalue weighted by Gasteiger charge is -2.19. The molecule has 124 valence electrons. The number of nitrogens with zero attached hydrogens (tertiary/aromatic N) is 2. The Morgan fingerprint density at radius 2 is 1.96 bits per heavy atom. The van der Waals surface area contributed by atoms with E-state index in [-0.39, 0.29) is 11.6 Å². The van der Waals surface area contributed by atoms with Crippen molar-refractivity contribution in [2.75, 3.05) is 25.0 Å². The van der Waals surface area contributed by atoms with Crippen LogP contribution in [0, 0.1) is 10.1 Å². The molecule has 0 aliphatic carbocycles. The van der Waals surface area contributed by atoms with E-state index in [0.29, 0.717) is 18.7 Å². The van der Waals surface area contributed by atoms with Crippen molar-refractivity contribution in [1.82, 2.24) is 5.32 Å². The summed E-state index contributed by atoms with van der Waals surface area (Å²) in [7, 11) is 1.96. The van der Waals surface area contributed by atoms with E-state index in [0.717, 1.165) is 5.69 Å². The third kappa shape index (κ3) is 5.24. The lowest BCUT2D eigenvalue weighted by atomic mass is 10.2. The monoisotopic (exact) mass is 325 g/mol. The quantitative estimate of drug-likeness (QED) is 0.482. The summed E-state index contributed by atoms with van der Waals surface area (Å²) in [5, 5.41) is 13.5. The van der Waals surface area contributed by atoms with Crippen LogP contribution in [0.2, 0.25) is 0 Å². The molecule has 6 heteroatoms. The second-order valence-electron chi connectivity index (χ2n) is 5.23. The predicted molar refractivity (Wildman–Crippen MR) is 94.9 cm³/mol. The fraction of sp³-hybridized carbons (Fsp3) is 0.167. The number of para-hydroxylation sites is 1. The van der Waals surface area contributed by atoms with Crippen LogP contribution >= 0.6 is 0 Å². The number of nitro groups is 1. The van der Waals surface area contributed by atoms with E-state index >= 15 is 0 Å². The molecule has 0 heterocycles. The Labute approximate surface area is 140 Å². The van der Waals surface area contributed by atoms with Crippen molar-refractivity contribution in [2.24, 2.45) is 0 Å². The first-order chi connectivity index (χ1) is 11.6. The van der Waals surface area contributed by atoms with Crippen molar-refractivity contribution in [3.8, 4) is 0 Å². The first-order valence-electron chi connectivity index (χ1n) is 7.53. The van der Waals surface area contributed by atoms with Gasteiger partial charge < -0.3 is 10.2 Å². The van der Waals surface area contributed by atoms with Gasteiger partial charge in [-0.05, 0) is 23.8 Å². The Morgan fingerprint density at radius 1 is 1.21 bits per heavy atom. The molecule has 2 rings (SSSR count). The standard InChI is InChI=1S/C18H19N3O3/c1-20(16-7-3-2-4-8-16)13-12-19-18(22)11-10-15-6-5-9-17(14-15)21(23)24/h2-11,14H,12-13H2,1H3,(H,19,22)/b11-10+. The Morgan fingerprint density at radius 3 is 2.67 bits per heavy atom. The third-order valence-electron chi connectivity index (χ3n) is 3.45. The SMILES string of the molecule is CN(CCNC(=O)/C=C/c1cccc([N+](=O)[O-])c1)c1ccccc1. The maximum absolute atomic E-state index is 11.8. The largest absolute Gasteiger partial charge is 0.373 e. The molecular formula is C18H19N3O3. The van der Waals surface area contributed by atoms with Crippen LogP contribution in [-0.2, 0) is 4.79 Å². The van der Waals surface area contributed by atoms with Gasteiger partial charge in [-0.25, -0.2) is 0 Å². The molecule has 0 saturated carbocycles. The molecule has 0 fully saturated rings. The molecular weight excluding hydrogens is 306 g/mol. The maximum Gasteiger partial charge on any atom is 0.270 e. The van der Waals surface area contributed by atoms with Gasteiger partial charge in [-0.2, -0.15) is 0 Å². The topological polar surface area (TPSA) is 75.5 Å². The number of likely N-dealkylation sites (N-methyl/N-ethyl adjacent to an activating group) is 1. The van der Waals surface area contributed by atoms with Gasteiger partial charge in [0.1, 0.15) is 0 Å². The highest BCUT2D eigenvalue weighted by Gasteiger charge is 2.04. The summed E-state index contributed by atoms with van der Waals surface area (Å²) in [6, 6.07) is 16.0. The molecule has 0 bridgehead atoms. The average Bonchev–Trinajstić information content (AvgIpc) is 2.61. The van der Waals surface area contributed by atoms with Crippen LogP contribution in [0.3, 0.4) is 0 Å². The molecule has 2 aromatic carbocycles. The van der Waals surface area contributed by atoms with Gasteiger partial charge in [-0.3, -0.25) is 14.9 Å². The summed E-state index contributed by atoms with van der Waals surface area (Å²) in [6.45, 7) is 1.18. The van der Waals surface area contributed by atoms with E-state index in [1.807, 2.05) is 42.3 Å². The van der Waals surface area contributed by atoms with E-state index < -0.39 is 4.92 Å². The molecule has 0 aromatic heterocycles. The lowest BCUT2D eigenvalue weighted by molar-refractivity contribution is -0.384. The Balaban J connectivity index is 1.81. The number of anilines is 1. The maximum atomic E-state index is 11.8. The Kier molecular flexibility index (Phi) is 6.08. The number of hydrogen-bond acceptors (Lipinski definition) is 4. The smallest absolute Gasteiger partial charge is 0.270 e. The van der Waals surface area contributed by atoms with Gasteiger partial charge in [0.05, 0.1) is 4.92 Å². The van der Waals surface area contributed by atoms with Crippen LogP contribution in [0.15, 0.2) is 60.7 Å². The third-order valence-corrected chi connectivity index (χ3v) is 3.45. The zero-order valence-corrected chi connectivity index (χ0v) is 13.4. The summed E-state index contributed by atoms with van der Waals surface area (Å²) in [5.41, 5.74) is 1.70. The Hall–Kier alpha value is -3.15. The summed E-state index contributed by atoms with van der Waals surface area (Å²) in [4.78, 5) is 24.1. The zero-order valence-electron chi connectivity index (χ0n) is 13.4. The van der Waals surface area contributed by atoms with Crippen molar-refractivity contribution in [1.29, 1.82) is 0 Å². The first-order valence-corrected chi connectivity index (χ1v) is 7.53. The second kappa shape index (κ2) is 8.47. The molecule has 0 aliphatic heterocycles. The molecule has 0 radical (unpaired) electrons. The summed E-state index contributed by atoms with van der Waals surface area (Å²) < 4.78 is 0. The van der Waals surface area contributed by atoms with Crippen LogP contribution in [0.25, 0.3) is 6.08 Å². The van der Waals surface area contributed by atoms with Crippen LogP contribution in [-0.4, -0.2) is 31.0 Å². The van der Waals surface area contributed by atoms with Gasteiger partial charge in [0.2, 0.25) is 5.91 Å². The molecule has 2 aromatic rings. The number of nitrogens with one attached hydrogen (secondary N) is 1. The number of nitro benzene ring substituents is 1. The van der Waals surface area contributed by atoms with E-state index in [1.165, 1.54) is 18.2 Å². The van der Waals surface area contributed by atoms with Gasteiger partial charge in [0.25, 0.3) is 5.69 Å². The van der Waals surface area contributed by atoms with Crippen molar-refractivity contribution < 1.29 is 9.72 Å². The van der Waals surface area contributed by atoms with E-state index in [1.54, 1.807) is 18.2 Å². The predicted octanol–water partition coefficient (Wildman–Crippen LogP) is 2.86. The van der Waals surface area contributed by atoms with Crippen LogP contribution in [0.4, 0.5) is 11.4 Å². The van der Waals surface area contributed by atoms with E-state index in [2.05, 4.69) is 5.32 Å². The van der Waals surface area contributed by atoms with Crippen molar-refractivity contribution in [3.63, 3.8) is 0 Å². The average molecular weight is 325 g/mol. The number of benzene rings is 2.